The number of ether oxygens (including phenoxy) is 2. The van der Waals surface area contributed by atoms with Crippen molar-refractivity contribution in [2.24, 2.45) is 0 Å². The number of nitriles is 1. The Hall–Kier alpha value is -1.92. The molecule has 1 unspecified atom stereocenters. The number of nitrogens with one attached hydrogen (secondary N) is 5. The third-order valence-corrected chi connectivity index (χ3v) is 6.37. The van der Waals surface area contributed by atoms with Gasteiger partial charge in [0.1, 0.15) is 44.4 Å². The minimum Gasteiger partial charge on any atom is -0.375 e. The molecule has 0 radical (unpaired) electrons. The van der Waals surface area contributed by atoms with Crippen molar-refractivity contribution < 1.29 is 24.3 Å². The number of pyridine rings is 1. The van der Waals surface area contributed by atoms with E-state index in [2.05, 4.69) is 28.7 Å². The number of aromatic nitrogens is 1. The lowest BCUT2D eigenvalue weighted by Gasteiger charge is -2.25. The zero-order valence-corrected chi connectivity index (χ0v) is 17.5. The predicted octanol–water partition coefficient (Wildman–Crippen LogP) is -2.14. The summed E-state index contributed by atoms with van der Waals surface area (Å²) in [6, 6.07) is 2.47. The van der Waals surface area contributed by atoms with E-state index in [-0.39, 0.29) is 6.10 Å². The van der Waals surface area contributed by atoms with Gasteiger partial charge < -0.3 is 24.6 Å². The van der Waals surface area contributed by atoms with E-state index in [9.17, 15) is 5.26 Å². The Bertz CT molecular complexity index is 738. The van der Waals surface area contributed by atoms with Crippen molar-refractivity contribution >= 4 is 11.6 Å². The molecule has 0 bridgehead atoms. The fourth-order valence-electron chi connectivity index (χ4n) is 4.62. The van der Waals surface area contributed by atoms with E-state index in [0.717, 1.165) is 102 Å². The van der Waals surface area contributed by atoms with E-state index in [4.69, 9.17) is 9.47 Å². The Labute approximate surface area is 173 Å². The summed E-state index contributed by atoms with van der Waals surface area (Å²) in [5, 5.41) is 17.0. The summed E-state index contributed by atoms with van der Waals surface area (Å²) in [5.74, 6) is 1.91. The molecule has 0 aromatic carbocycles. The van der Waals surface area contributed by atoms with Crippen LogP contribution in [0.2, 0.25) is 0 Å². The molecule has 4 heterocycles. The van der Waals surface area contributed by atoms with Gasteiger partial charge in [-0.3, -0.25) is 5.32 Å². The predicted molar refractivity (Wildman–Crippen MR) is 109 cm³/mol. The number of aromatic amines is 1. The molecule has 3 aliphatic heterocycles. The Morgan fingerprint density at radius 3 is 2.76 bits per heavy atom. The van der Waals surface area contributed by atoms with Crippen molar-refractivity contribution in [2.45, 2.75) is 31.9 Å². The number of H-pyrrole nitrogens is 1. The number of likely N-dealkylation sites (N-methyl/N-ethyl adjacent to an activating group) is 1. The number of morpholine rings is 1. The Balaban J connectivity index is 1.51. The molecule has 0 spiro atoms. The maximum atomic E-state index is 9.90. The van der Waals surface area contributed by atoms with Crippen molar-refractivity contribution in [1.82, 2.24) is 0 Å². The van der Waals surface area contributed by atoms with Gasteiger partial charge in [0.05, 0.1) is 45.0 Å². The number of nitrogens with zero attached hydrogens (tertiary/aromatic N) is 1. The highest BCUT2D eigenvalue weighted by Gasteiger charge is 2.30. The van der Waals surface area contributed by atoms with Gasteiger partial charge in [0, 0.05) is 13.0 Å². The molecule has 4 rings (SSSR count). The van der Waals surface area contributed by atoms with Crippen LogP contribution in [0.5, 0.6) is 0 Å². The van der Waals surface area contributed by atoms with Gasteiger partial charge in [-0.25, -0.2) is 4.98 Å². The highest BCUT2D eigenvalue weighted by molar-refractivity contribution is 5.60. The number of anilines is 2. The zero-order chi connectivity index (χ0) is 20.1. The molecule has 2 atom stereocenters. The van der Waals surface area contributed by atoms with E-state index in [0.29, 0.717) is 0 Å². The normalized spacial score (nSPS) is 24.7. The molecule has 29 heavy (non-hydrogen) atoms. The summed E-state index contributed by atoms with van der Waals surface area (Å²) < 4.78 is 11.2. The number of hydrogen-bond acceptors (Lipinski definition) is 5. The minimum atomic E-state index is 0.282. The fourth-order valence-corrected chi connectivity index (χ4v) is 4.62. The molecular weight excluding hydrogens is 368 g/mol. The van der Waals surface area contributed by atoms with Crippen molar-refractivity contribution in [3.05, 3.63) is 16.7 Å². The quantitative estimate of drug-likeness (QED) is 0.417. The molecule has 0 saturated carbocycles. The van der Waals surface area contributed by atoms with Gasteiger partial charge >= 0.3 is 0 Å². The Kier molecular flexibility index (Phi) is 6.82. The molecule has 3 aliphatic rings. The van der Waals surface area contributed by atoms with Gasteiger partial charge in [-0.2, -0.15) is 5.26 Å². The molecule has 8 heteroatoms. The summed E-state index contributed by atoms with van der Waals surface area (Å²) in [6.45, 7) is 9.36. The van der Waals surface area contributed by atoms with Crippen LogP contribution >= 0.6 is 0 Å². The first-order valence-electron chi connectivity index (χ1n) is 11.1. The third kappa shape index (κ3) is 4.98. The molecule has 158 valence electrons. The van der Waals surface area contributed by atoms with Crippen molar-refractivity contribution in [2.75, 3.05) is 76.8 Å². The first-order valence-corrected chi connectivity index (χ1v) is 11.1. The zero-order valence-electron chi connectivity index (χ0n) is 17.5. The highest BCUT2D eigenvalue weighted by atomic mass is 16.5. The van der Waals surface area contributed by atoms with Crippen LogP contribution in [-0.4, -0.2) is 72.2 Å². The highest BCUT2D eigenvalue weighted by Crippen LogP contribution is 2.25. The second-order valence-corrected chi connectivity index (χ2v) is 8.51. The average molecular weight is 404 g/mol. The number of hydrogen-bond donors (Lipinski definition) is 4. The van der Waals surface area contributed by atoms with Crippen LogP contribution in [-0.2, 0) is 22.4 Å². The van der Waals surface area contributed by atoms with Crippen molar-refractivity contribution in [3.63, 3.8) is 0 Å². The molecule has 1 aromatic heterocycles. The van der Waals surface area contributed by atoms with Crippen LogP contribution in [0.4, 0.5) is 11.6 Å². The standard InChI is InChI=1S/C21H32N6O2/c1-26-6-4-17-18(13-22)20(23-5-7-27-8-11-28-12-9-27)25-21(19(17)15-26)24-14-16-3-2-10-29-16/h16H,2-12,14-15H2,1H3,(H2,23,24,25)/p+3/t16-/m0/s1. The molecule has 2 fully saturated rings. The van der Waals surface area contributed by atoms with E-state index in [1.54, 1.807) is 4.90 Å². The molecule has 0 amide bonds. The number of fused-ring (bicyclic) bond motifs is 1. The lowest BCUT2D eigenvalue weighted by Crippen LogP contribution is -3.14. The number of rotatable bonds is 7. The summed E-state index contributed by atoms with van der Waals surface area (Å²) in [5.41, 5.74) is 3.24. The SMILES string of the molecule is C[NH+]1CCc2c(C#N)c(NCC[NH+]3CCOCC3)[nH+]c(NC[C@@H]3CCCO3)c2C1. The Morgan fingerprint density at radius 1 is 1.14 bits per heavy atom. The molecule has 0 aliphatic carbocycles. The third-order valence-electron chi connectivity index (χ3n) is 6.37. The van der Waals surface area contributed by atoms with Gasteiger partial charge in [-0.05, 0) is 18.4 Å². The van der Waals surface area contributed by atoms with Crippen molar-refractivity contribution in [1.29, 1.82) is 5.26 Å². The fraction of sp³-hybridized carbons (Fsp3) is 0.714. The minimum absolute atomic E-state index is 0.282. The van der Waals surface area contributed by atoms with Gasteiger partial charge in [0.2, 0.25) is 11.6 Å². The topological polar surface area (TPSA) is 89.3 Å². The average Bonchev–Trinajstić information content (AvgIpc) is 3.26. The number of quaternary nitrogens is 2. The second-order valence-electron chi connectivity index (χ2n) is 8.51. The lowest BCUT2D eigenvalue weighted by atomic mass is 9.96. The van der Waals surface area contributed by atoms with Crippen molar-refractivity contribution in [3.8, 4) is 6.07 Å². The first kappa shape index (κ1) is 20.4. The molecular formula is C21H35N6O2+3. The van der Waals surface area contributed by atoms with E-state index >= 15 is 0 Å². The van der Waals surface area contributed by atoms with E-state index < -0.39 is 0 Å². The second kappa shape index (κ2) is 9.72. The Morgan fingerprint density at radius 2 is 2.00 bits per heavy atom. The summed E-state index contributed by atoms with van der Waals surface area (Å²) >= 11 is 0. The van der Waals surface area contributed by atoms with Crippen LogP contribution in [0.25, 0.3) is 0 Å². The summed E-state index contributed by atoms with van der Waals surface area (Å²) in [7, 11) is 2.22. The largest absolute Gasteiger partial charge is 0.375 e. The van der Waals surface area contributed by atoms with Crippen LogP contribution in [0.3, 0.4) is 0 Å². The lowest BCUT2D eigenvalue weighted by molar-refractivity contribution is -0.906. The molecule has 5 N–H and O–H groups in total. The maximum absolute atomic E-state index is 9.90. The van der Waals surface area contributed by atoms with Gasteiger partial charge in [-0.15, -0.1) is 0 Å². The molecule has 1 aromatic rings. The monoisotopic (exact) mass is 403 g/mol. The van der Waals surface area contributed by atoms with Gasteiger partial charge in [0.15, 0.2) is 0 Å². The smallest absolute Gasteiger partial charge is 0.237 e. The van der Waals surface area contributed by atoms with E-state index in [1.807, 2.05) is 0 Å². The maximum Gasteiger partial charge on any atom is 0.237 e. The summed E-state index contributed by atoms with van der Waals surface area (Å²) in [6.07, 6.45) is 3.48. The van der Waals surface area contributed by atoms with E-state index in [1.165, 1.54) is 16.0 Å². The summed E-state index contributed by atoms with van der Waals surface area (Å²) in [4.78, 5) is 6.56. The first-order chi connectivity index (χ1) is 14.2. The van der Waals surface area contributed by atoms with Gasteiger partial charge in [0.25, 0.3) is 0 Å². The van der Waals surface area contributed by atoms with Crippen LogP contribution < -0.4 is 25.4 Å². The van der Waals surface area contributed by atoms with Crippen LogP contribution in [0.1, 0.15) is 29.5 Å². The van der Waals surface area contributed by atoms with Crippen LogP contribution in [0, 0.1) is 11.3 Å². The van der Waals surface area contributed by atoms with Crippen LogP contribution in [0.15, 0.2) is 0 Å². The van der Waals surface area contributed by atoms with Gasteiger partial charge in [-0.1, -0.05) is 0 Å². The molecule has 2 saturated heterocycles. The molecule has 8 nitrogen and oxygen atoms in total.